The van der Waals surface area contributed by atoms with Crippen LogP contribution in [0.25, 0.3) is 0 Å². The maximum atomic E-state index is 12.3. The number of nitrogens with zero attached hydrogens (tertiary/aromatic N) is 2. The highest BCUT2D eigenvalue weighted by molar-refractivity contribution is 5.76. The SMILES string of the molecule is O=C(CC1CCCC1)N1CCN(CCc2ccccc2)CC1. The number of amides is 1. The molecular weight excluding hydrogens is 272 g/mol. The summed E-state index contributed by atoms with van der Waals surface area (Å²) in [5.41, 5.74) is 1.40. The van der Waals surface area contributed by atoms with E-state index in [9.17, 15) is 4.79 Å². The molecule has 3 nitrogen and oxygen atoms in total. The van der Waals surface area contributed by atoms with Gasteiger partial charge in [0, 0.05) is 39.1 Å². The maximum absolute atomic E-state index is 12.3. The van der Waals surface area contributed by atoms with Gasteiger partial charge in [0.15, 0.2) is 0 Å². The summed E-state index contributed by atoms with van der Waals surface area (Å²) >= 11 is 0. The van der Waals surface area contributed by atoms with Crippen LogP contribution in [0.1, 0.15) is 37.7 Å². The lowest BCUT2D eigenvalue weighted by Crippen LogP contribution is -2.49. The van der Waals surface area contributed by atoms with E-state index in [1.807, 2.05) is 0 Å². The molecule has 1 aliphatic carbocycles. The Balaban J connectivity index is 1.37. The van der Waals surface area contributed by atoms with Crippen LogP contribution in [-0.2, 0) is 11.2 Å². The second-order valence-electron chi connectivity index (χ2n) is 6.81. The molecule has 0 N–H and O–H groups in total. The van der Waals surface area contributed by atoms with Gasteiger partial charge in [-0.15, -0.1) is 0 Å². The van der Waals surface area contributed by atoms with Crippen LogP contribution in [0, 0.1) is 5.92 Å². The molecule has 1 saturated heterocycles. The molecule has 1 heterocycles. The molecule has 0 atom stereocenters. The van der Waals surface area contributed by atoms with E-state index in [1.165, 1.54) is 31.2 Å². The number of benzene rings is 1. The Hall–Kier alpha value is -1.35. The first kappa shape index (κ1) is 15.5. The van der Waals surface area contributed by atoms with E-state index in [-0.39, 0.29) is 0 Å². The predicted molar refractivity (Wildman–Crippen MR) is 89.7 cm³/mol. The first-order valence-corrected chi connectivity index (χ1v) is 8.85. The molecule has 3 heteroatoms. The van der Waals surface area contributed by atoms with Crippen molar-refractivity contribution in [3.8, 4) is 0 Å². The van der Waals surface area contributed by atoms with Crippen molar-refractivity contribution in [3.63, 3.8) is 0 Å². The Morgan fingerprint density at radius 2 is 1.68 bits per heavy atom. The van der Waals surface area contributed by atoms with E-state index in [4.69, 9.17) is 0 Å². The van der Waals surface area contributed by atoms with Gasteiger partial charge in [-0.25, -0.2) is 0 Å². The quantitative estimate of drug-likeness (QED) is 0.834. The lowest BCUT2D eigenvalue weighted by atomic mass is 10.0. The molecule has 0 spiro atoms. The molecule has 0 bridgehead atoms. The summed E-state index contributed by atoms with van der Waals surface area (Å²) in [7, 11) is 0. The molecule has 1 saturated carbocycles. The Labute approximate surface area is 134 Å². The minimum atomic E-state index is 0.398. The van der Waals surface area contributed by atoms with Crippen LogP contribution in [0.15, 0.2) is 30.3 Å². The molecule has 2 fully saturated rings. The lowest BCUT2D eigenvalue weighted by molar-refractivity contribution is -0.133. The largest absolute Gasteiger partial charge is 0.340 e. The van der Waals surface area contributed by atoms with Gasteiger partial charge in [-0.2, -0.15) is 0 Å². The standard InChI is InChI=1S/C19H28N2O/c22-19(16-18-8-4-5-9-18)21-14-12-20(13-15-21)11-10-17-6-2-1-3-7-17/h1-3,6-7,18H,4-5,8-16H2. The Morgan fingerprint density at radius 1 is 1.00 bits per heavy atom. The summed E-state index contributed by atoms with van der Waals surface area (Å²) in [6.45, 7) is 5.00. The molecule has 0 radical (unpaired) electrons. The number of carbonyl (C=O) groups is 1. The highest BCUT2D eigenvalue weighted by Gasteiger charge is 2.24. The molecule has 1 aromatic carbocycles. The number of rotatable bonds is 5. The van der Waals surface area contributed by atoms with Crippen molar-refractivity contribution in [3.05, 3.63) is 35.9 Å². The molecule has 22 heavy (non-hydrogen) atoms. The number of carbonyl (C=O) groups excluding carboxylic acids is 1. The van der Waals surface area contributed by atoms with E-state index < -0.39 is 0 Å². The molecule has 2 aliphatic rings. The average molecular weight is 300 g/mol. The highest BCUT2D eigenvalue weighted by atomic mass is 16.2. The fraction of sp³-hybridized carbons (Fsp3) is 0.632. The zero-order valence-corrected chi connectivity index (χ0v) is 13.5. The summed E-state index contributed by atoms with van der Waals surface area (Å²) in [4.78, 5) is 16.9. The second kappa shape index (κ2) is 7.77. The average Bonchev–Trinajstić information content (AvgIpc) is 3.07. The van der Waals surface area contributed by atoms with Crippen LogP contribution in [0.5, 0.6) is 0 Å². The summed E-state index contributed by atoms with van der Waals surface area (Å²) in [6.07, 6.45) is 7.09. The first-order chi connectivity index (χ1) is 10.8. The summed E-state index contributed by atoms with van der Waals surface area (Å²) in [6, 6.07) is 10.7. The van der Waals surface area contributed by atoms with Gasteiger partial charge in [-0.05, 0) is 30.7 Å². The lowest BCUT2D eigenvalue weighted by Gasteiger charge is -2.35. The molecular formula is C19H28N2O. The van der Waals surface area contributed by atoms with Crippen LogP contribution in [0.3, 0.4) is 0 Å². The monoisotopic (exact) mass is 300 g/mol. The highest BCUT2D eigenvalue weighted by Crippen LogP contribution is 2.28. The van der Waals surface area contributed by atoms with E-state index in [0.717, 1.165) is 45.6 Å². The third-order valence-corrected chi connectivity index (χ3v) is 5.22. The van der Waals surface area contributed by atoms with Crippen molar-refractivity contribution in [2.24, 2.45) is 5.92 Å². The van der Waals surface area contributed by atoms with Crippen LogP contribution >= 0.6 is 0 Å². The van der Waals surface area contributed by atoms with E-state index in [1.54, 1.807) is 0 Å². The number of piperazine rings is 1. The third-order valence-electron chi connectivity index (χ3n) is 5.22. The summed E-state index contributed by atoms with van der Waals surface area (Å²) < 4.78 is 0. The van der Waals surface area contributed by atoms with Gasteiger partial charge in [0.2, 0.25) is 5.91 Å². The summed E-state index contributed by atoms with van der Waals surface area (Å²) in [5, 5.41) is 0. The van der Waals surface area contributed by atoms with Crippen molar-refractivity contribution < 1.29 is 4.79 Å². The van der Waals surface area contributed by atoms with Crippen molar-refractivity contribution in [2.75, 3.05) is 32.7 Å². The van der Waals surface area contributed by atoms with Crippen LogP contribution in [0.2, 0.25) is 0 Å². The Kier molecular flexibility index (Phi) is 5.49. The van der Waals surface area contributed by atoms with Gasteiger partial charge in [-0.3, -0.25) is 9.69 Å². The van der Waals surface area contributed by atoms with Gasteiger partial charge in [0.25, 0.3) is 0 Å². The summed E-state index contributed by atoms with van der Waals surface area (Å²) in [5.74, 6) is 1.07. The van der Waals surface area contributed by atoms with Gasteiger partial charge in [0.1, 0.15) is 0 Å². The molecule has 3 rings (SSSR count). The zero-order valence-electron chi connectivity index (χ0n) is 13.5. The van der Waals surface area contributed by atoms with E-state index in [0.29, 0.717) is 11.8 Å². The molecule has 120 valence electrons. The van der Waals surface area contributed by atoms with E-state index >= 15 is 0 Å². The zero-order chi connectivity index (χ0) is 15.2. The van der Waals surface area contributed by atoms with Crippen molar-refractivity contribution in [1.82, 2.24) is 9.80 Å². The first-order valence-electron chi connectivity index (χ1n) is 8.85. The molecule has 1 amide bonds. The van der Waals surface area contributed by atoms with Gasteiger partial charge >= 0.3 is 0 Å². The maximum Gasteiger partial charge on any atom is 0.222 e. The smallest absolute Gasteiger partial charge is 0.222 e. The Morgan fingerprint density at radius 3 is 2.36 bits per heavy atom. The normalized spacial score (nSPS) is 20.5. The van der Waals surface area contributed by atoms with Crippen molar-refractivity contribution in [1.29, 1.82) is 0 Å². The predicted octanol–water partition coefficient (Wildman–Crippen LogP) is 2.95. The van der Waals surface area contributed by atoms with Crippen LogP contribution in [0.4, 0.5) is 0 Å². The van der Waals surface area contributed by atoms with Crippen molar-refractivity contribution in [2.45, 2.75) is 38.5 Å². The number of hydrogen-bond donors (Lipinski definition) is 0. The minimum Gasteiger partial charge on any atom is -0.340 e. The molecule has 1 aliphatic heterocycles. The molecule has 0 aromatic heterocycles. The fourth-order valence-electron chi connectivity index (χ4n) is 3.74. The van der Waals surface area contributed by atoms with Gasteiger partial charge in [0.05, 0.1) is 0 Å². The van der Waals surface area contributed by atoms with Gasteiger partial charge < -0.3 is 4.90 Å². The topological polar surface area (TPSA) is 23.6 Å². The molecule has 0 unspecified atom stereocenters. The van der Waals surface area contributed by atoms with Crippen molar-refractivity contribution >= 4 is 5.91 Å². The second-order valence-corrected chi connectivity index (χ2v) is 6.81. The Bertz CT molecular complexity index is 460. The third kappa shape index (κ3) is 4.33. The minimum absolute atomic E-state index is 0.398. The van der Waals surface area contributed by atoms with Crippen LogP contribution in [-0.4, -0.2) is 48.4 Å². The number of hydrogen-bond acceptors (Lipinski definition) is 2. The van der Waals surface area contributed by atoms with Gasteiger partial charge in [-0.1, -0.05) is 43.2 Å². The molecule has 1 aromatic rings. The van der Waals surface area contributed by atoms with E-state index in [2.05, 4.69) is 40.1 Å². The fourth-order valence-corrected chi connectivity index (χ4v) is 3.74. The van der Waals surface area contributed by atoms with Crippen LogP contribution < -0.4 is 0 Å².